The number of unbranched alkanes of at least 4 members (excludes halogenated alkanes) is 2. The van der Waals surface area contributed by atoms with Gasteiger partial charge < -0.3 is 28.8 Å². The van der Waals surface area contributed by atoms with Crippen LogP contribution in [-0.4, -0.2) is 55.2 Å². The molecule has 7 nitrogen and oxygen atoms in total. The number of morpholine rings is 1. The number of ether oxygens (including phenoxy) is 3. The van der Waals surface area contributed by atoms with E-state index in [0.29, 0.717) is 13.2 Å². The van der Waals surface area contributed by atoms with Gasteiger partial charge in [-0.3, -0.25) is 4.79 Å². The third-order valence-electron chi connectivity index (χ3n) is 6.56. The molecule has 0 bridgehead atoms. The summed E-state index contributed by atoms with van der Waals surface area (Å²) in [6.45, 7) is 4.57. The molecular formula is C29H32N2O5. The summed E-state index contributed by atoms with van der Waals surface area (Å²) in [5.74, 6) is 0.799. The molecule has 4 aromatic rings. The lowest BCUT2D eigenvalue weighted by Crippen LogP contribution is -2.36. The Morgan fingerprint density at radius 1 is 0.806 bits per heavy atom. The van der Waals surface area contributed by atoms with E-state index in [1.54, 1.807) is 0 Å². The quantitative estimate of drug-likeness (QED) is 0.287. The number of aliphatic carboxylic acids is 1. The van der Waals surface area contributed by atoms with Crippen LogP contribution in [-0.2, 0) is 16.1 Å². The molecule has 1 aromatic heterocycles. The van der Waals surface area contributed by atoms with Crippen LogP contribution in [0.4, 0.5) is 5.69 Å². The Labute approximate surface area is 210 Å². The highest BCUT2D eigenvalue weighted by molar-refractivity contribution is 6.08. The lowest BCUT2D eigenvalue weighted by atomic mass is 10.1. The van der Waals surface area contributed by atoms with Crippen molar-refractivity contribution in [2.75, 3.05) is 44.4 Å². The van der Waals surface area contributed by atoms with E-state index in [1.165, 1.54) is 5.69 Å². The molecular weight excluding hydrogens is 456 g/mol. The number of aromatic nitrogens is 1. The molecule has 0 saturated carbocycles. The fourth-order valence-electron chi connectivity index (χ4n) is 4.78. The first kappa shape index (κ1) is 24.0. The van der Waals surface area contributed by atoms with E-state index >= 15 is 0 Å². The first-order valence-electron chi connectivity index (χ1n) is 12.6. The molecule has 0 atom stereocenters. The van der Waals surface area contributed by atoms with Crippen LogP contribution in [0.2, 0.25) is 0 Å². The van der Waals surface area contributed by atoms with Crippen molar-refractivity contribution < 1.29 is 24.1 Å². The van der Waals surface area contributed by atoms with Crippen LogP contribution < -0.4 is 14.4 Å². The van der Waals surface area contributed by atoms with Crippen molar-refractivity contribution in [3.8, 4) is 11.5 Å². The Hall–Kier alpha value is -3.71. The monoisotopic (exact) mass is 488 g/mol. The predicted molar refractivity (Wildman–Crippen MR) is 141 cm³/mol. The van der Waals surface area contributed by atoms with E-state index in [4.69, 9.17) is 14.2 Å². The van der Waals surface area contributed by atoms with Crippen LogP contribution in [0, 0.1) is 0 Å². The highest BCUT2D eigenvalue weighted by atomic mass is 16.5. The number of carboxylic acids is 1. The van der Waals surface area contributed by atoms with Gasteiger partial charge in [-0.1, -0.05) is 24.3 Å². The predicted octanol–water partition coefficient (Wildman–Crippen LogP) is 5.34. The molecule has 36 heavy (non-hydrogen) atoms. The molecule has 0 unspecified atom stereocenters. The molecule has 1 aliphatic rings. The zero-order valence-electron chi connectivity index (χ0n) is 20.4. The van der Waals surface area contributed by atoms with Crippen molar-refractivity contribution >= 4 is 33.5 Å². The first-order chi connectivity index (χ1) is 17.7. The highest BCUT2D eigenvalue weighted by Crippen LogP contribution is 2.31. The number of fused-ring (bicyclic) bond motifs is 3. The topological polar surface area (TPSA) is 73.2 Å². The fourth-order valence-corrected chi connectivity index (χ4v) is 4.78. The maximum Gasteiger partial charge on any atom is 0.323 e. The van der Waals surface area contributed by atoms with Crippen molar-refractivity contribution in [2.24, 2.45) is 0 Å². The molecule has 0 amide bonds. The average molecular weight is 489 g/mol. The lowest BCUT2D eigenvalue weighted by molar-refractivity contribution is -0.137. The van der Waals surface area contributed by atoms with Gasteiger partial charge >= 0.3 is 5.97 Å². The molecule has 1 N–H and O–H groups in total. The number of carboxylic acid groups (broad SMARTS) is 1. The molecule has 1 saturated heterocycles. The lowest BCUT2D eigenvalue weighted by Gasteiger charge is -2.29. The minimum Gasteiger partial charge on any atom is -0.494 e. The Kier molecular flexibility index (Phi) is 7.57. The number of para-hydroxylation sites is 1. The highest BCUT2D eigenvalue weighted by Gasteiger charge is 2.14. The summed E-state index contributed by atoms with van der Waals surface area (Å²) in [6, 6.07) is 22.1. The summed E-state index contributed by atoms with van der Waals surface area (Å²) in [5, 5.41) is 11.5. The van der Waals surface area contributed by atoms with Crippen LogP contribution in [0.1, 0.15) is 19.3 Å². The number of rotatable bonds is 11. The zero-order chi connectivity index (χ0) is 24.7. The maximum atomic E-state index is 11.4. The van der Waals surface area contributed by atoms with E-state index in [0.717, 1.165) is 78.9 Å². The molecule has 2 heterocycles. The van der Waals surface area contributed by atoms with E-state index in [-0.39, 0.29) is 6.54 Å². The molecule has 0 spiro atoms. The maximum absolute atomic E-state index is 11.4. The van der Waals surface area contributed by atoms with Gasteiger partial charge in [-0.25, -0.2) is 0 Å². The number of nitrogens with zero attached hydrogens (tertiary/aromatic N) is 2. The third-order valence-corrected chi connectivity index (χ3v) is 6.56. The smallest absolute Gasteiger partial charge is 0.323 e. The Morgan fingerprint density at radius 2 is 1.53 bits per heavy atom. The Bertz CT molecular complexity index is 1330. The van der Waals surface area contributed by atoms with Gasteiger partial charge in [-0.05, 0) is 49.6 Å². The Balaban J connectivity index is 1.10. The largest absolute Gasteiger partial charge is 0.494 e. The molecule has 188 valence electrons. The van der Waals surface area contributed by atoms with Crippen molar-refractivity contribution in [3.05, 3.63) is 66.7 Å². The molecule has 0 radical (unpaired) electrons. The van der Waals surface area contributed by atoms with Crippen LogP contribution in [0.15, 0.2) is 66.7 Å². The summed E-state index contributed by atoms with van der Waals surface area (Å²) in [7, 11) is 0. The van der Waals surface area contributed by atoms with E-state index in [2.05, 4.69) is 17.0 Å². The van der Waals surface area contributed by atoms with Gasteiger partial charge in [0.25, 0.3) is 0 Å². The summed E-state index contributed by atoms with van der Waals surface area (Å²) < 4.78 is 19.2. The summed E-state index contributed by atoms with van der Waals surface area (Å²) in [5.41, 5.74) is 2.98. The van der Waals surface area contributed by atoms with Crippen LogP contribution in [0.3, 0.4) is 0 Å². The standard InChI is InChI=1S/C29H32N2O5/c32-29(33)21-31-27-10-3-2-9-25(27)26-12-11-24(20-28(26)31)36-16-5-1-4-15-35-23-8-6-7-22(19-23)30-13-17-34-18-14-30/h2-3,6-12,19-20H,1,4-5,13-18,21H2,(H,32,33). The van der Waals surface area contributed by atoms with Gasteiger partial charge in [0.15, 0.2) is 0 Å². The first-order valence-corrected chi connectivity index (χ1v) is 12.6. The number of hydrogen-bond acceptors (Lipinski definition) is 5. The summed E-state index contributed by atoms with van der Waals surface area (Å²) >= 11 is 0. The van der Waals surface area contributed by atoms with Crippen molar-refractivity contribution in [1.29, 1.82) is 0 Å². The van der Waals surface area contributed by atoms with Gasteiger partial charge in [-0.2, -0.15) is 0 Å². The summed E-state index contributed by atoms with van der Waals surface area (Å²) in [4.78, 5) is 13.8. The summed E-state index contributed by atoms with van der Waals surface area (Å²) in [6.07, 6.45) is 2.88. The third kappa shape index (κ3) is 5.57. The van der Waals surface area contributed by atoms with E-state index in [9.17, 15) is 9.90 Å². The number of benzene rings is 3. The minimum atomic E-state index is -0.862. The van der Waals surface area contributed by atoms with E-state index < -0.39 is 5.97 Å². The molecule has 1 aliphatic heterocycles. The van der Waals surface area contributed by atoms with Crippen LogP contribution in [0.5, 0.6) is 11.5 Å². The molecule has 1 fully saturated rings. The van der Waals surface area contributed by atoms with Gasteiger partial charge in [0.2, 0.25) is 0 Å². The van der Waals surface area contributed by atoms with Crippen LogP contribution in [0.25, 0.3) is 21.8 Å². The number of anilines is 1. The van der Waals surface area contributed by atoms with Crippen molar-refractivity contribution in [2.45, 2.75) is 25.8 Å². The SMILES string of the molecule is O=C(O)Cn1c2ccccc2c2ccc(OCCCCCOc3cccc(N4CCOCC4)c3)cc21. The van der Waals surface area contributed by atoms with Crippen LogP contribution >= 0.6 is 0 Å². The van der Waals surface area contributed by atoms with Gasteiger partial charge in [0.05, 0.1) is 31.9 Å². The van der Waals surface area contributed by atoms with Gasteiger partial charge in [0, 0.05) is 47.2 Å². The molecule has 3 aromatic carbocycles. The number of hydrogen-bond donors (Lipinski definition) is 1. The van der Waals surface area contributed by atoms with Gasteiger partial charge in [0.1, 0.15) is 18.0 Å². The molecule has 7 heteroatoms. The molecule has 5 rings (SSSR count). The molecule has 0 aliphatic carbocycles. The van der Waals surface area contributed by atoms with Crippen molar-refractivity contribution in [1.82, 2.24) is 4.57 Å². The number of carbonyl (C=O) groups is 1. The van der Waals surface area contributed by atoms with E-state index in [1.807, 2.05) is 59.2 Å². The second kappa shape index (κ2) is 11.4. The normalized spacial score (nSPS) is 13.8. The second-order valence-corrected chi connectivity index (χ2v) is 9.03. The van der Waals surface area contributed by atoms with Gasteiger partial charge in [-0.15, -0.1) is 0 Å². The average Bonchev–Trinajstić information content (AvgIpc) is 3.21. The minimum absolute atomic E-state index is 0.0805. The fraction of sp³-hybridized carbons (Fsp3) is 0.345. The second-order valence-electron chi connectivity index (χ2n) is 9.03. The van der Waals surface area contributed by atoms with Crippen molar-refractivity contribution in [3.63, 3.8) is 0 Å². The Morgan fingerprint density at radius 3 is 2.31 bits per heavy atom. The zero-order valence-corrected chi connectivity index (χ0v) is 20.4.